The molecule has 0 saturated carbocycles. The van der Waals surface area contributed by atoms with E-state index in [1.54, 1.807) is 6.92 Å². The molecule has 2 aromatic heterocycles. The van der Waals surface area contributed by atoms with E-state index in [0.717, 1.165) is 24.1 Å². The number of nitrogens with zero attached hydrogens (tertiary/aromatic N) is 4. The highest BCUT2D eigenvalue weighted by Crippen LogP contribution is 2.31. The predicted molar refractivity (Wildman–Crippen MR) is 72.4 cm³/mol. The van der Waals surface area contributed by atoms with Crippen molar-refractivity contribution in [1.82, 2.24) is 20.2 Å². The molecule has 112 valence electrons. The lowest BCUT2D eigenvalue weighted by Crippen LogP contribution is -2.32. The van der Waals surface area contributed by atoms with Gasteiger partial charge < -0.3 is 13.9 Å². The molecule has 0 bridgehead atoms. The Morgan fingerprint density at radius 3 is 2.71 bits per heavy atom. The molecule has 0 spiro atoms. The Labute approximate surface area is 122 Å². The van der Waals surface area contributed by atoms with Crippen LogP contribution < -0.4 is 0 Å². The molecule has 1 aliphatic rings. The van der Waals surface area contributed by atoms with Crippen LogP contribution in [0.3, 0.4) is 0 Å². The van der Waals surface area contributed by atoms with Crippen LogP contribution in [0, 0.1) is 20.8 Å². The Morgan fingerprint density at radius 2 is 2.10 bits per heavy atom. The first-order chi connectivity index (χ1) is 10.1. The molecular weight excluding hydrogens is 272 g/mol. The van der Waals surface area contributed by atoms with Crippen molar-refractivity contribution in [2.75, 3.05) is 6.54 Å². The summed E-state index contributed by atoms with van der Waals surface area (Å²) in [6, 6.07) is -0.112. The number of likely N-dealkylation sites (tertiary alicyclic amines) is 1. The summed E-state index contributed by atoms with van der Waals surface area (Å²) in [4.78, 5) is 18.6. The van der Waals surface area contributed by atoms with E-state index in [2.05, 4.69) is 15.3 Å². The minimum absolute atomic E-state index is 0.0442. The fraction of sp³-hybridized carbons (Fsp3) is 0.571. The number of aryl methyl sites for hydroxylation is 3. The molecule has 7 nitrogen and oxygen atoms in total. The van der Waals surface area contributed by atoms with Gasteiger partial charge in [0.25, 0.3) is 0 Å². The second kappa shape index (κ2) is 5.31. The topological polar surface area (TPSA) is 85.3 Å². The van der Waals surface area contributed by atoms with Crippen molar-refractivity contribution >= 4 is 5.91 Å². The maximum atomic E-state index is 12.6. The molecule has 1 amide bonds. The maximum Gasteiger partial charge on any atom is 0.249 e. The van der Waals surface area contributed by atoms with Crippen LogP contribution in [0.5, 0.6) is 0 Å². The molecule has 3 heterocycles. The van der Waals surface area contributed by atoms with Crippen LogP contribution in [-0.2, 0) is 11.2 Å². The first kappa shape index (κ1) is 13.8. The largest absolute Gasteiger partial charge is 0.361 e. The summed E-state index contributed by atoms with van der Waals surface area (Å²) in [5.41, 5.74) is 1.64. The molecule has 0 aliphatic carbocycles. The predicted octanol–water partition coefficient (Wildman–Crippen LogP) is 1.89. The second-order valence-corrected chi connectivity index (χ2v) is 5.40. The summed E-state index contributed by atoms with van der Waals surface area (Å²) < 4.78 is 10.3. The van der Waals surface area contributed by atoms with E-state index in [9.17, 15) is 4.79 Å². The van der Waals surface area contributed by atoms with Gasteiger partial charge in [-0.1, -0.05) is 10.3 Å². The molecule has 1 atom stereocenters. The molecule has 3 rings (SSSR count). The minimum Gasteiger partial charge on any atom is -0.361 e. The zero-order valence-electron chi connectivity index (χ0n) is 12.4. The van der Waals surface area contributed by atoms with E-state index in [1.807, 2.05) is 18.7 Å². The lowest BCUT2D eigenvalue weighted by atomic mass is 10.1. The van der Waals surface area contributed by atoms with Crippen molar-refractivity contribution in [1.29, 1.82) is 0 Å². The third-order valence-corrected chi connectivity index (χ3v) is 3.91. The van der Waals surface area contributed by atoms with Crippen LogP contribution in [0.15, 0.2) is 9.05 Å². The fourth-order valence-electron chi connectivity index (χ4n) is 2.78. The summed E-state index contributed by atoms with van der Waals surface area (Å²) in [5.74, 6) is 1.86. The van der Waals surface area contributed by atoms with Gasteiger partial charge in [-0.25, -0.2) is 0 Å². The summed E-state index contributed by atoms with van der Waals surface area (Å²) >= 11 is 0. The third kappa shape index (κ3) is 2.55. The SMILES string of the molecule is Cc1noc(C2CCCN2C(=O)Cc2c(C)noc2C)n1. The van der Waals surface area contributed by atoms with Gasteiger partial charge in [0.1, 0.15) is 11.8 Å². The van der Waals surface area contributed by atoms with Gasteiger partial charge in [0, 0.05) is 12.1 Å². The Morgan fingerprint density at radius 1 is 1.29 bits per heavy atom. The fourth-order valence-corrected chi connectivity index (χ4v) is 2.78. The lowest BCUT2D eigenvalue weighted by molar-refractivity contribution is -0.131. The summed E-state index contributed by atoms with van der Waals surface area (Å²) in [6.45, 7) is 6.17. The average Bonchev–Trinajstić information content (AvgIpc) is 3.14. The number of rotatable bonds is 3. The number of carbonyl (C=O) groups is 1. The second-order valence-electron chi connectivity index (χ2n) is 5.40. The van der Waals surface area contributed by atoms with Gasteiger partial charge >= 0.3 is 0 Å². The van der Waals surface area contributed by atoms with E-state index in [0.29, 0.717) is 30.4 Å². The van der Waals surface area contributed by atoms with E-state index in [4.69, 9.17) is 9.05 Å². The van der Waals surface area contributed by atoms with Gasteiger partial charge in [-0.2, -0.15) is 4.98 Å². The number of carbonyl (C=O) groups excluding carboxylic acids is 1. The lowest BCUT2D eigenvalue weighted by Gasteiger charge is -2.21. The summed E-state index contributed by atoms with van der Waals surface area (Å²) in [7, 11) is 0. The normalized spacial score (nSPS) is 18.4. The molecule has 1 fully saturated rings. The van der Waals surface area contributed by atoms with Crippen molar-refractivity contribution in [2.24, 2.45) is 0 Å². The zero-order valence-corrected chi connectivity index (χ0v) is 12.4. The Hall–Kier alpha value is -2.18. The zero-order chi connectivity index (χ0) is 15.0. The van der Waals surface area contributed by atoms with Gasteiger partial charge in [-0.3, -0.25) is 4.79 Å². The van der Waals surface area contributed by atoms with Gasteiger partial charge in [-0.05, 0) is 33.6 Å². The summed E-state index contributed by atoms with van der Waals surface area (Å²) in [5, 5.41) is 7.70. The number of hydrogen-bond donors (Lipinski definition) is 0. The van der Waals surface area contributed by atoms with Crippen LogP contribution >= 0.6 is 0 Å². The van der Waals surface area contributed by atoms with Crippen LogP contribution in [0.4, 0.5) is 0 Å². The van der Waals surface area contributed by atoms with Gasteiger partial charge in [0.2, 0.25) is 11.8 Å². The van der Waals surface area contributed by atoms with E-state index in [1.165, 1.54) is 0 Å². The van der Waals surface area contributed by atoms with Crippen LogP contribution in [0.2, 0.25) is 0 Å². The van der Waals surface area contributed by atoms with Gasteiger partial charge in [0.05, 0.1) is 12.1 Å². The molecule has 7 heteroatoms. The smallest absolute Gasteiger partial charge is 0.249 e. The highest BCUT2D eigenvalue weighted by molar-refractivity contribution is 5.79. The average molecular weight is 290 g/mol. The highest BCUT2D eigenvalue weighted by Gasteiger charge is 2.34. The van der Waals surface area contributed by atoms with E-state index >= 15 is 0 Å². The van der Waals surface area contributed by atoms with E-state index < -0.39 is 0 Å². The number of aromatic nitrogens is 3. The van der Waals surface area contributed by atoms with E-state index in [-0.39, 0.29) is 11.9 Å². The standard InChI is InChI=1S/C14H18N4O3/c1-8-11(9(2)20-16-8)7-13(19)18-6-4-5-12(18)14-15-10(3)17-21-14/h12H,4-7H2,1-3H3. The van der Waals surface area contributed by atoms with Crippen LogP contribution in [0.25, 0.3) is 0 Å². The van der Waals surface area contributed by atoms with Crippen molar-refractivity contribution in [3.63, 3.8) is 0 Å². The van der Waals surface area contributed by atoms with Crippen molar-refractivity contribution < 1.29 is 13.8 Å². The molecule has 1 unspecified atom stereocenters. The van der Waals surface area contributed by atoms with Crippen LogP contribution in [0.1, 0.15) is 47.6 Å². The van der Waals surface area contributed by atoms with Gasteiger partial charge in [-0.15, -0.1) is 0 Å². The Bertz CT molecular complexity index is 641. The van der Waals surface area contributed by atoms with Crippen molar-refractivity contribution in [3.05, 3.63) is 28.7 Å². The van der Waals surface area contributed by atoms with Gasteiger partial charge in [0.15, 0.2) is 5.82 Å². The molecule has 2 aromatic rings. The number of hydrogen-bond acceptors (Lipinski definition) is 6. The summed E-state index contributed by atoms with van der Waals surface area (Å²) in [6.07, 6.45) is 2.10. The number of amides is 1. The molecule has 21 heavy (non-hydrogen) atoms. The quantitative estimate of drug-likeness (QED) is 0.858. The minimum atomic E-state index is -0.112. The van der Waals surface area contributed by atoms with Crippen LogP contribution in [-0.4, -0.2) is 32.6 Å². The molecular formula is C14H18N4O3. The highest BCUT2D eigenvalue weighted by atomic mass is 16.5. The molecule has 0 aromatic carbocycles. The molecule has 1 aliphatic heterocycles. The Balaban J connectivity index is 1.77. The van der Waals surface area contributed by atoms with Crippen molar-refractivity contribution in [3.8, 4) is 0 Å². The molecule has 0 N–H and O–H groups in total. The monoisotopic (exact) mass is 290 g/mol. The molecule has 0 radical (unpaired) electrons. The first-order valence-corrected chi connectivity index (χ1v) is 7.07. The molecule has 1 saturated heterocycles. The maximum absolute atomic E-state index is 12.6. The first-order valence-electron chi connectivity index (χ1n) is 7.07. The third-order valence-electron chi connectivity index (χ3n) is 3.91. The Kier molecular flexibility index (Phi) is 3.48. The van der Waals surface area contributed by atoms with Crippen molar-refractivity contribution in [2.45, 2.75) is 46.1 Å².